The van der Waals surface area contributed by atoms with Gasteiger partial charge in [-0.1, -0.05) is 46.0 Å². The van der Waals surface area contributed by atoms with Crippen LogP contribution < -0.4 is 0 Å². The highest BCUT2D eigenvalue weighted by atomic mass is 16.5. The number of rotatable bonds is 14. The van der Waals surface area contributed by atoms with Gasteiger partial charge in [-0.25, -0.2) is 0 Å². The summed E-state index contributed by atoms with van der Waals surface area (Å²) in [5.41, 5.74) is 0. The van der Waals surface area contributed by atoms with Gasteiger partial charge in [0.15, 0.2) is 0 Å². The first kappa shape index (κ1) is 19.9. The molecule has 0 saturated carbocycles. The van der Waals surface area contributed by atoms with E-state index in [0.29, 0.717) is 26.1 Å². The first-order valence-corrected chi connectivity index (χ1v) is 8.52. The zero-order valence-electron chi connectivity index (χ0n) is 13.8. The van der Waals surface area contributed by atoms with E-state index in [0.717, 1.165) is 38.5 Å². The highest BCUT2D eigenvalue weighted by Gasteiger charge is 2.04. The Bertz CT molecular complexity index is 264. The fourth-order valence-corrected chi connectivity index (χ4v) is 1.97. The van der Waals surface area contributed by atoms with Crippen molar-refractivity contribution < 1.29 is 19.1 Å². The van der Waals surface area contributed by atoms with E-state index in [1.165, 1.54) is 19.3 Å². The fraction of sp³-hybridized carbons (Fsp3) is 0.882. The molecule has 0 N–H and O–H groups in total. The van der Waals surface area contributed by atoms with Crippen LogP contribution in [0.25, 0.3) is 0 Å². The second kappa shape index (κ2) is 15.3. The maximum atomic E-state index is 11.5. The van der Waals surface area contributed by atoms with Crippen LogP contribution in [0.2, 0.25) is 0 Å². The molecule has 0 rings (SSSR count). The quantitative estimate of drug-likeness (QED) is 0.352. The lowest BCUT2D eigenvalue weighted by molar-refractivity contribution is -0.144. The second-order valence-electron chi connectivity index (χ2n) is 5.42. The highest BCUT2D eigenvalue weighted by molar-refractivity contribution is 5.69. The Labute approximate surface area is 129 Å². The molecule has 0 aromatic rings. The number of hydrogen-bond acceptors (Lipinski definition) is 4. The highest BCUT2D eigenvalue weighted by Crippen LogP contribution is 2.07. The minimum atomic E-state index is -0.133. The summed E-state index contributed by atoms with van der Waals surface area (Å²) in [4.78, 5) is 22.7. The predicted octanol–water partition coefficient (Wildman–Crippen LogP) is 4.40. The summed E-state index contributed by atoms with van der Waals surface area (Å²) < 4.78 is 10.2. The third-order valence-corrected chi connectivity index (χ3v) is 3.24. The summed E-state index contributed by atoms with van der Waals surface area (Å²) in [6.45, 7) is 5.21. The van der Waals surface area contributed by atoms with Crippen molar-refractivity contribution in [1.82, 2.24) is 0 Å². The van der Waals surface area contributed by atoms with Crippen molar-refractivity contribution in [3.63, 3.8) is 0 Å². The molecule has 0 amide bonds. The van der Waals surface area contributed by atoms with Gasteiger partial charge in [-0.05, 0) is 25.7 Å². The van der Waals surface area contributed by atoms with Gasteiger partial charge in [-0.2, -0.15) is 0 Å². The van der Waals surface area contributed by atoms with E-state index >= 15 is 0 Å². The van der Waals surface area contributed by atoms with Crippen LogP contribution in [-0.4, -0.2) is 25.2 Å². The van der Waals surface area contributed by atoms with Gasteiger partial charge in [0.2, 0.25) is 0 Å². The third-order valence-electron chi connectivity index (χ3n) is 3.24. The minimum absolute atomic E-state index is 0.112. The van der Waals surface area contributed by atoms with Gasteiger partial charge >= 0.3 is 11.9 Å². The van der Waals surface area contributed by atoms with Gasteiger partial charge in [-0.15, -0.1) is 0 Å². The molecule has 0 atom stereocenters. The van der Waals surface area contributed by atoms with Crippen molar-refractivity contribution in [2.24, 2.45) is 0 Å². The van der Waals surface area contributed by atoms with Crippen LogP contribution >= 0.6 is 0 Å². The Hall–Kier alpha value is -1.06. The zero-order chi connectivity index (χ0) is 15.8. The molecular weight excluding hydrogens is 268 g/mol. The van der Waals surface area contributed by atoms with E-state index < -0.39 is 0 Å². The number of unbranched alkanes of at least 4 members (excludes halogenated alkanes) is 6. The van der Waals surface area contributed by atoms with Crippen LogP contribution in [0, 0.1) is 0 Å². The monoisotopic (exact) mass is 300 g/mol. The molecular formula is C17H32O4. The largest absolute Gasteiger partial charge is 0.466 e. The Morgan fingerprint density at radius 2 is 1.14 bits per heavy atom. The average molecular weight is 300 g/mol. The molecule has 0 saturated heterocycles. The van der Waals surface area contributed by atoms with Gasteiger partial charge in [0, 0.05) is 12.8 Å². The molecule has 21 heavy (non-hydrogen) atoms. The Balaban J connectivity index is 3.28. The number of carbonyl (C=O) groups is 2. The summed E-state index contributed by atoms with van der Waals surface area (Å²) >= 11 is 0. The normalized spacial score (nSPS) is 10.4. The molecule has 124 valence electrons. The maximum absolute atomic E-state index is 11.5. The summed E-state index contributed by atoms with van der Waals surface area (Å²) in [7, 11) is 0. The van der Waals surface area contributed by atoms with Crippen molar-refractivity contribution >= 4 is 11.9 Å². The number of hydrogen-bond donors (Lipinski definition) is 0. The van der Waals surface area contributed by atoms with E-state index in [1.54, 1.807) is 0 Å². The Kier molecular flexibility index (Phi) is 14.6. The first-order valence-electron chi connectivity index (χ1n) is 8.52. The number of carbonyl (C=O) groups excluding carboxylic acids is 2. The lowest BCUT2D eigenvalue weighted by atomic mass is 10.1. The molecule has 4 nitrogen and oxygen atoms in total. The molecule has 4 heteroatoms. The topological polar surface area (TPSA) is 52.6 Å². The van der Waals surface area contributed by atoms with Crippen LogP contribution in [0.1, 0.15) is 84.5 Å². The lowest BCUT2D eigenvalue weighted by Gasteiger charge is -2.05. The van der Waals surface area contributed by atoms with Gasteiger partial charge in [0.1, 0.15) is 0 Å². The molecule has 0 aliphatic carbocycles. The van der Waals surface area contributed by atoms with E-state index in [9.17, 15) is 9.59 Å². The van der Waals surface area contributed by atoms with E-state index in [4.69, 9.17) is 9.47 Å². The summed E-state index contributed by atoms with van der Waals surface area (Å²) in [5, 5.41) is 0. The fourth-order valence-electron chi connectivity index (χ4n) is 1.97. The van der Waals surface area contributed by atoms with Gasteiger partial charge in [0.05, 0.1) is 13.2 Å². The van der Waals surface area contributed by atoms with Gasteiger partial charge in [0.25, 0.3) is 0 Å². The maximum Gasteiger partial charge on any atom is 0.305 e. The lowest BCUT2D eigenvalue weighted by Crippen LogP contribution is -2.06. The van der Waals surface area contributed by atoms with Gasteiger partial charge < -0.3 is 9.47 Å². The molecule has 0 fully saturated rings. The van der Waals surface area contributed by atoms with Crippen LogP contribution in [0.15, 0.2) is 0 Å². The minimum Gasteiger partial charge on any atom is -0.466 e. The molecule has 0 aliphatic heterocycles. The predicted molar refractivity (Wildman–Crippen MR) is 84.1 cm³/mol. The summed E-state index contributed by atoms with van der Waals surface area (Å²) in [5.74, 6) is -0.245. The third kappa shape index (κ3) is 15.2. The molecule has 0 aliphatic rings. The smallest absolute Gasteiger partial charge is 0.305 e. The first-order chi connectivity index (χ1) is 10.2. The Morgan fingerprint density at radius 1 is 0.619 bits per heavy atom. The van der Waals surface area contributed by atoms with Crippen molar-refractivity contribution in [1.29, 1.82) is 0 Å². The van der Waals surface area contributed by atoms with Crippen LogP contribution in [0.5, 0.6) is 0 Å². The van der Waals surface area contributed by atoms with Crippen LogP contribution in [0.3, 0.4) is 0 Å². The molecule has 0 unspecified atom stereocenters. The van der Waals surface area contributed by atoms with Crippen molar-refractivity contribution in [3.05, 3.63) is 0 Å². The molecule has 0 heterocycles. The van der Waals surface area contributed by atoms with Crippen molar-refractivity contribution in [2.75, 3.05) is 13.2 Å². The zero-order valence-corrected chi connectivity index (χ0v) is 13.8. The standard InChI is InChI=1S/C17H32O4/c1-3-5-6-7-11-15-21-17(19)13-10-8-9-12-16(18)20-14-4-2/h3-15H2,1-2H3. The molecule has 0 aromatic carbocycles. The molecule has 0 aromatic heterocycles. The summed E-state index contributed by atoms with van der Waals surface area (Å²) in [6, 6.07) is 0. The average Bonchev–Trinajstić information content (AvgIpc) is 2.48. The van der Waals surface area contributed by atoms with Gasteiger partial charge in [-0.3, -0.25) is 9.59 Å². The number of esters is 2. The Morgan fingerprint density at radius 3 is 1.71 bits per heavy atom. The van der Waals surface area contributed by atoms with Crippen molar-refractivity contribution in [2.45, 2.75) is 84.5 Å². The summed E-state index contributed by atoms with van der Waals surface area (Å²) in [6.07, 6.45) is 10.0. The van der Waals surface area contributed by atoms with E-state index in [-0.39, 0.29) is 11.9 Å². The second-order valence-corrected chi connectivity index (χ2v) is 5.42. The SMILES string of the molecule is CCCCCCCOC(=O)CCCCCC(=O)OCCC. The number of ether oxygens (including phenoxy) is 2. The van der Waals surface area contributed by atoms with E-state index in [1.807, 2.05) is 6.92 Å². The van der Waals surface area contributed by atoms with Crippen molar-refractivity contribution in [3.8, 4) is 0 Å². The van der Waals surface area contributed by atoms with Crippen LogP contribution in [-0.2, 0) is 19.1 Å². The van der Waals surface area contributed by atoms with E-state index in [2.05, 4.69) is 6.92 Å². The molecule has 0 bridgehead atoms. The molecule has 0 spiro atoms. The van der Waals surface area contributed by atoms with Crippen LogP contribution in [0.4, 0.5) is 0 Å². The molecule has 0 radical (unpaired) electrons.